The van der Waals surface area contributed by atoms with Crippen molar-refractivity contribution in [3.8, 4) is 0 Å². The van der Waals surface area contributed by atoms with E-state index < -0.39 is 0 Å². The van der Waals surface area contributed by atoms with Gasteiger partial charge in [-0.25, -0.2) is 19.2 Å². The summed E-state index contributed by atoms with van der Waals surface area (Å²) >= 11 is 0. The molecule has 0 aliphatic carbocycles. The SMILES string of the molecule is O=C1NCCN1CCNCCNCCNC(=O)N(CCN1CCNC1=O)CCN1CCNC1=O. The van der Waals surface area contributed by atoms with E-state index in [0.717, 1.165) is 26.2 Å². The first-order valence-corrected chi connectivity index (χ1v) is 12.1. The number of carbonyl (C=O) groups is 4. The minimum atomic E-state index is -0.206. The van der Waals surface area contributed by atoms with Gasteiger partial charge in [-0.1, -0.05) is 0 Å². The van der Waals surface area contributed by atoms with Crippen LogP contribution in [-0.2, 0) is 0 Å². The molecule has 192 valence electrons. The smallest absolute Gasteiger partial charge is 0.317 e. The molecule has 3 aliphatic heterocycles. The largest absolute Gasteiger partial charge is 0.337 e. The Kier molecular flexibility index (Phi) is 10.3. The van der Waals surface area contributed by atoms with Crippen LogP contribution in [-0.4, -0.2) is 148 Å². The fourth-order valence-corrected chi connectivity index (χ4v) is 3.98. The van der Waals surface area contributed by atoms with Crippen molar-refractivity contribution in [3.63, 3.8) is 0 Å². The third-order valence-corrected chi connectivity index (χ3v) is 6.02. The lowest BCUT2D eigenvalue weighted by atomic mass is 10.4. The van der Waals surface area contributed by atoms with Gasteiger partial charge >= 0.3 is 24.1 Å². The fourth-order valence-electron chi connectivity index (χ4n) is 3.98. The molecule has 3 fully saturated rings. The summed E-state index contributed by atoms with van der Waals surface area (Å²) in [6.45, 7) is 9.72. The first-order chi connectivity index (χ1) is 16.5. The standard InChI is InChI=1S/C20H38N10O4/c31-17(23-4-3-21-1-2-22-5-9-27-10-6-24-18(27)32)30(15-13-28-11-7-25-19(28)33)16-14-29-12-8-26-20(29)34/h21-22H,1-16H2,(H,23,31)(H,24,32)(H,25,33)(H,26,34). The molecule has 3 saturated heterocycles. The molecule has 8 amide bonds. The molecular formula is C20H38N10O4. The first kappa shape index (κ1) is 25.6. The molecule has 0 spiro atoms. The molecule has 0 aromatic rings. The maximum Gasteiger partial charge on any atom is 0.317 e. The third kappa shape index (κ3) is 8.09. The van der Waals surface area contributed by atoms with E-state index >= 15 is 0 Å². The van der Waals surface area contributed by atoms with Gasteiger partial charge in [-0.05, 0) is 0 Å². The maximum absolute atomic E-state index is 12.7. The highest BCUT2D eigenvalue weighted by Gasteiger charge is 2.24. The molecule has 14 heteroatoms. The van der Waals surface area contributed by atoms with Gasteiger partial charge in [0.2, 0.25) is 0 Å². The fraction of sp³-hybridized carbons (Fsp3) is 0.800. The van der Waals surface area contributed by atoms with Crippen molar-refractivity contribution >= 4 is 24.1 Å². The Morgan fingerprint density at radius 1 is 0.676 bits per heavy atom. The Bertz CT molecular complexity index is 679. The summed E-state index contributed by atoms with van der Waals surface area (Å²) in [7, 11) is 0. The summed E-state index contributed by atoms with van der Waals surface area (Å²) in [5.74, 6) is 0. The van der Waals surface area contributed by atoms with Crippen molar-refractivity contribution in [1.29, 1.82) is 0 Å². The minimum Gasteiger partial charge on any atom is -0.337 e. The lowest BCUT2D eigenvalue weighted by Crippen LogP contribution is -2.48. The predicted octanol–water partition coefficient (Wildman–Crippen LogP) is -2.75. The van der Waals surface area contributed by atoms with Gasteiger partial charge in [0.05, 0.1) is 0 Å². The maximum atomic E-state index is 12.7. The Balaban J connectivity index is 1.28. The molecule has 0 atom stereocenters. The zero-order chi connectivity index (χ0) is 24.2. The van der Waals surface area contributed by atoms with Crippen molar-refractivity contribution < 1.29 is 19.2 Å². The van der Waals surface area contributed by atoms with Crippen LogP contribution in [0.4, 0.5) is 19.2 Å². The zero-order valence-electron chi connectivity index (χ0n) is 19.7. The van der Waals surface area contributed by atoms with Crippen molar-refractivity contribution in [2.75, 3.05) is 105 Å². The predicted molar refractivity (Wildman–Crippen MR) is 126 cm³/mol. The van der Waals surface area contributed by atoms with E-state index in [1.165, 1.54) is 0 Å². The van der Waals surface area contributed by atoms with Gasteiger partial charge in [0.1, 0.15) is 0 Å². The quantitative estimate of drug-likeness (QED) is 0.139. The van der Waals surface area contributed by atoms with Gasteiger partial charge < -0.3 is 51.5 Å². The van der Waals surface area contributed by atoms with Crippen LogP contribution in [0, 0.1) is 0 Å². The second kappa shape index (κ2) is 13.6. The number of carbonyl (C=O) groups excluding carboxylic acids is 4. The van der Waals surface area contributed by atoms with Gasteiger partial charge in [0.25, 0.3) is 0 Å². The van der Waals surface area contributed by atoms with Crippen LogP contribution in [0.2, 0.25) is 0 Å². The van der Waals surface area contributed by atoms with E-state index in [0.29, 0.717) is 78.5 Å². The van der Waals surface area contributed by atoms with Crippen molar-refractivity contribution in [1.82, 2.24) is 51.5 Å². The zero-order valence-corrected chi connectivity index (χ0v) is 19.7. The topological polar surface area (TPSA) is 153 Å². The second-order valence-electron chi connectivity index (χ2n) is 8.38. The summed E-state index contributed by atoms with van der Waals surface area (Å²) in [4.78, 5) is 54.6. The number of rotatable bonds is 15. The summed E-state index contributed by atoms with van der Waals surface area (Å²) in [5.41, 5.74) is 0. The van der Waals surface area contributed by atoms with Gasteiger partial charge in [-0.15, -0.1) is 0 Å². The van der Waals surface area contributed by atoms with Crippen molar-refractivity contribution in [2.45, 2.75) is 0 Å². The van der Waals surface area contributed by atoms with Gasteiger partial charge in [0, 0.05) is 105 Å². The molecule has 0 saturated carbocycles. The molecule has 3 aliphatic rings. The molecule has 0 radical (unpaired) electrons. The number of nitrogens with zero attached hydrogens (tertiary/aromatic N) is 4. The van der Waals surface area contributed by atoms with Crippen molar-refractivity contribution in [3.05, 3.63) is 0 Å². The summed E-state index contributed by atoms with van der Waals surface area (Å²) in [6, 6.07) is -0.429. The Morgan fingerprint density at radius 2 is 1.12 bits per heavy atom. The lowest BCUT2D eigenvalue weighted by Gasteiger charge is -2.27. The number of urea groups is 4. The molecule has 34 heavy (non-hydrogen) atoms. The molecule has 0 aromatic carbocycles. The number of amides is 8. The van der Waals surface area contributed by atoms with E-state index in [1.54, 1.807) is 19.6 Å². The summed E-state index contributed by atoms with van der Waals surface area (Å²) in [5, 5.41) is 17.8. The summed E-state index contributed by atoms with van der Waals surface area (Å²) < 4.78 is 0. The van der Waals surface area contributed by atoms with Crippen LogP contribution in [0.5, 0.6) is 0 Å². The van der Waals surface area contributed by atoms with Crippen LogP contribution < -0.4 is 31.9 Å². The van der Waals surface area contributed by atoms with Crippen LogP contribution in [0.15, 0.2) is 0 Å². The second-order valence-corrected chi connectivity index (χ2v) is 8.38. The monoisotopic (exact) mass is 482 g/mol. The molecule has 6 N–H and O–H groups in total. The molecule has 14 nitrogen and oxygen atoms in total. The molecule has 3 rings (SSSR count). The number of hydrogen-bond acceptors (Lipinski definition) is 6. The van der Waals surface area contributed by atoms with Crippen LogP contribution >= 0.6 is 0 Å². The minimum absolute atomic E-state index is 0.00268. The molecule has 0 bridgehead atoms. The molecular weight excluding hydrogens is 444 g/mol. The van der Waals surface area contributed by atoms with E-state index in [1.807, 2.05) is 0 Å². The summed E-state index contributed by atoms with van der Waals surface area (Å²) in [6.07, 6.45) is 0. The van der Waals surface area contributed by atoms with Gasteiger partial charge in [-0.3, -0.25) is 0 Å². The molecule has 0 unspecified atom stereocenters. The Morgan fingerprint density at radius 3 is 1.59 bits per heavy atom. The number of hydrogen-bond donors (Lipinski definition) is 6. The Hall–Kier alpha value is -3.00. The van der Waals surface area contributed by atoms with Crippen LogP contribution in [0.3, 0.4) is 0 Å². The molecule has 3 heterocycles. The van der Waals surface area contributed by atoms with Crippen molar-refractivity contribution in [2.24, 2.45) is 0 Å². The molecule has 0 aromatic heterocycles. The van der Waals surface area contributed by atoms with Gasteiger partial charge in [-0.2, -0.15) is 0 Å². The van der Waals surface area contributed by atoms with E-state index in [2.05, 4.69) is 31.9 Å². The lowest BCUT2D eigenvalue weighted by molar-refractivity contribution is 0.175. The first-order valence-electron chi connectivity index (χ1n) is 12.1. The highest BCUT2D eigenvalue weighted by atomic mass is 16.2. The number of nitrogens with one attached hydrogen (secondary N) is 6. The highest BCUT2D eigenvalue weighted by Crippen LogP contribution is 2.01. The van der Waals surface area contributed by atoms with E-state index in [-0.39, 0.29) is 24.1 Å². The normalized spacial score (nSPS) is 17.8. The Labute approximate surface area is 200 Å². The third-order valence-electron chi connectivity index (χ3n) is 6.02. The van der Waals surface area contributed by atoms with Gasteiger partial charge in [0.15, 0.2) is 0 Å². The van der Waals surface area contributed by atoms with Crippen LogP contribution in [0.25, 0.3) is 0 Å². The van der Waals surface area contributed by atoms with E-state index in [4.69, 9.17) is 0 Å². The van der Waals surface area contributed by atoms with E-state index in [9.17, 15) is 19.2 Å². The average Bonchev–Trinajstić information content (AvgIpc) is 3.54. The average molecular weight is 483 g/mol. The van der Waals surface area contributed by atoms with Crippen LogP contribution in [0.1, 0.15) is 0 Å². The highest BCUT2D eigenvalue weighted by molar-refractivity contribution is 5.77.